The van der Waals surface area contributed by atoms with E-state index in [2.05, 4.69) is 0 Å². The number of esters is 1. The fourth-order valence-electron chi connectivity index (χ4n) is 3.43. The second-order valence-corrected chi connectivity index (χ2v) is 10.6. The van der Waals surface area contributed by atoms with Crippen LogP contribution in [0.2, 0.25) is 0 Å². The number of benzene rings is 3. The molecule has 4 heteroatoms. The Balaban J connectivity index is 2.37. The van der Waals surface area contributed by atoms with Gasteiger partial charge in [0.25, 0.3) is 0 Å². The van der Waals surface area contributed by atoms with Crippen LogP contribution in [0.25, 0.3) is 0 Å². The van der Waals surface area contributed by atoms with Gasteiger partial charge in [-0.1, -0.05) is 0 Å². The molecule has 134 valence electrons. The summed E-state index contributed by atoms with van der Waals surface area (Å²) in [5, 5.41) is 2.26. The Bertz CT molecular complexity index is 764. The molecule has 0 saturated heterocycles. The van der Waals surface area contributed by atoms with Gasteiger partial charge in [-0.05, 0) is 0 Å². The molecule has 0 heterocycles. The fourth-order valence-corrected chi connectivity index (χ4v) is 7.91. The van der Waals surface area contributed by atoms with Gasteiger partial charge in [-0.3, -0.25) is 0 Å². The molecule has 3 aromatic carbocycles. The van der Waals surface area contributed by atoms with Crippen molar-refractivity contribution in [3.63, 3.8) is 0 Å². The van der Waals surface area contributed by atoms with Gasteiger partial charge in [0.2, 0.25) is 0 Å². The summed E-state index contributed by atoms with van der Waals surface area (Å²) < 4.78 is 5.26. The van der Waals surface area contributed by atoms with E-state index in [9.17, 15) is 9.69 Å². The van der Waals surface area contributed by atoms with Gasteiger partial charge in [0, 0.05) is 0 Å². The van der Waals surface area contributed by atoms with E-state index in [0.29, 0.717) is 0 Å². The zero-order valence-corrected chi connectivity index (χ0v) is 15.7. The third kappa shape index (κ3) is 3.05. The van der Waals surface area contributed by atoms with Crippen LogP contribution >= 0.6 is 6.83 Å². The van der Waals surface area contributed by atoms with E-state index in [4.69, 9.17) is 4.74 Å². The monoisotopic (exact) mass is 366 g/mol. The number of hydrogen-bond acceptors (Lipinski definition) is 3. The van der Waals surface area contributed by atoms with E-state index in [1.54, 1.807) is 6.92 Å². The van der Waals surface area contributed by atoms with Gasteiger partial charge < -0.3 is 0 Å². The summed E-state index contributed by atoms with van der Waals surface area (Å²) in [6, 6.07) is 28.5. The molecule has 3 aromatic rings. The first-order valence-corrected chi connectivity index (χ1v) is 11.1. The number of carbonyl (C=O) groups is 1. The number of hydrogen-bond donors (Lipinski definition) is 1. The fraction of sp³-hybridized carbons (Fsp3) is 0.136. The summed E-state index contributed by atoms with van der Waals surface area (Å²) in [6.07, 6.45) is -0.0858. The average molecular weight is 366 g/mol. The molecule has 0 saturated carbocycles. The second kappa shape index (κ2) is 7.41. The van der Waals surface area contributed by atoms with Crippen LogP contribution in [0.5, 0.6) is 0 Å². The summed E-state index contributed by atoms with van der Waals surface area (Å²) in [7, 11) is 0. The van der Waals surface area contributed by atoms with Crippen LogP contribution in [0.1, 0.15) is 6.92 Å². The Morgan fingerprint density at radius 3 is 1.42 bits per heavy atom. The SMILES string of the molecule is CCOC(=O)CP(O)(c1ccccc1)(c1ccccc1)c1ccccc1. The molecule has 3 nitrogen and oxygen atoms in total. The van der Waals surface area contributed by atoms with E-state index >= 15 is 0 Å². The van der Waals surface area contributed by atoms with E-state index in [1.165, 1.54) is 0 Å². The minimum atomic E-state index is -4.01. The molecule has 0 bridgehead atoms. The van der Waals surface area contributed by atoms with Crippen molar-refractivity contribution in [3.05, 3.63) is 91.0 Å². The minimum absolute atomic E-state index is 0.0858. The van der Waals surface area contributed by atoms with E-state index in [1.807, 2.05) is 91.0 Å². The second-order valence-electron chi connectivity index (χ2n) is 6.22. The number of carbonyl (C=O) groups excluding carboxylic acids is 1. The zero-order chi connectivity index (χ0) is 18.5. The van der Waals surface area contributed by atoms with Crippen molar-refractivity contribution < 1.29 is 14.4 Å². The summed E-state index contributed by atoms with van der Waals surface area (Å²) in [5.41, 5.74) is 0. The molecule has 3 rings (SSSR count). The van der Waals surface area contributed by atoms with E-state index < -0.39 is 12.8 Å². The van der Waals surface area contributed by atoms with Crippen LogP contribution in [0.3, 0.4) is 0 Å². The number of rotatable bonds is 6. The third-order valence-electron chi connectivity index (χ3n) is 4.68. The van der Waals surface area contributed by atoms with Crippen molar-refractivity contribution >= 4 is 28.7 Å². The molecule has 0 unspecified atom stereocenters. The molecule has 0 fully saturated rings. The Labute approximate surface area is 154 Å². The quantitative estimate of drug-likeness (QED) is 0.539. The Morgan fingerprint density at radius 2 is 1.12 bits per heavy atom. The van der Waals surface area contributed by atoms with Crippen LogP contribution < -0.4 is 15.9 Å². The first kappa shape index (κ1) is 18.3. The van der Waals surface area contributed by atoms with Crippen molar-refractivity contribution in [2.45, 2.75) is 6.92 Å². The Morgan fingerprint density at radius 1 is 0.769 bits per heavy atom. The maximum absolute atomic E-state index is 12.6. The van der Waals surface area contributed by atoms with Gasteiger partial charge in [0.05, 0.1) is 0 Å². The molecule has 0 aliphatic rings. The van der Waals surface area contributed by atoms with Gasteiger partial charge in [-0.15, -0.1) is 0 Å². The predicted molar refractivity (Wildman–Crippen MR) is 109 cm³/mol. The maximum atomic E-state index is 12.6. The van der Waals surface area contributed by atoms with Crippen LogP contribution in [0.4, 0.5) is 0 Å². The molecule has 0 spiro atoms. The van der Waals surface area contributed by atoms with E-state index in [-0.39, 0.29) is 12.8 Å². The average Bonchev–Trinajstić information content (AvgIpc) is 2.70. The topological polar surface area (TPSA) is 46.5 Å². The van der Waals surface area contributed by atoms with Crippen molar-refractivity contribution in [1.29, 1.82) is 0 Å². The molecule has 26 heavy (non-hydrogen) atoms. The molecule has 1 N–H and O–H groups in total. The third-order valence-corrected chi connectivity index (χ3v) is 9.79. The first-order chi connectivity index (χ1) is 12.6. The first-order valence-electron chi connectivity index (χ1n) is 8.68. The summed E-state index contributed by atoms with van der Waals surface area (Å²) in [4.78, 5) is 25.2. The molecular formula is C22H23O3P. The molecule has 0 aromatic heterocycles. The summed E-state index contributed by atoms with van der Waals surface area (Å²) >= 11 is 0. The van der Waals surface area contributed by atoms with Crippen molar-refractivity contribution in [1.82, 2.24) is 0 Å². The van der Waals surface area contributed by atoms with Crippen LogP contribution in [0.15, 0.2) is 91.0 Å². The summed E-state index contributed by atoms with van der Waals surface area (Å²) in [5.74, 6) is -0.399. The van der Waals surface area contributed by atoms with E-state index in [0.717, 1.165) is 15.9 Å². The molecule has 0 atom stereocenters. The van der Waals surface area contributed by atoms with Gasteiger partial charge in [-0.2, -0.15) is 0 Å². The van der Waals surface area contributed by atoms with Gasteiger partial charge in [0.1, 0.15) is 0 Å². The van der Waals surface area contributed by atoms with Crippen LogP contribution in [0, 0.1) is 0 Å². The normalized spacial score (nSPS) is 12.8. The Kier molecular flexibility index (Phi) is 5.22. The van der Waals surface area contributed by atoms with Crippen LogP contribution in [-0.2, 0) is 9.53 Å². The van der Waals surface area contributed by atoms with Crippen molar-refractivity contribution in [2.75, 3.05) is 12.8 Å². The van der Waals surface area contributed by atoms with Crippen LogP contribution in [-0.4, -0.2) is 23.6 Å². The molecule has 0 aliphatic heterocycles. The zero-order valence-electron chi connectivity index (χ0n) is 14.8. The summed E-state index contributed by atoms with van der Waals surface area (Å²) in [6.45, 7) is -1.95. The molecule has 0 radical (unpaired) electrons. The molecule has 0 aliphatic carbocycles. The predicted octanol–water partition coefficient (Wildman–Crippen LogP) is 2.99. The van der Waals surface area contributed by atoms with Gasteiger partial charge >= 0.3 is 154 Å². The van der Waals surface area contributed by atoms with Gasteiger partial charge in [0.15, 0.2) is 0 Å². The standard InChI is InChI=1S/C22H23O3P/c1-2-25-22(23)18-26(24,19-12-6-3-7-13-19,20-14-8-4-9-15-20)21-16-10-5-11-17-21/h3-17,24H,2,18H2,1H3. The number of ether oxygens (including phenoxy) is 1. The molecule has 0 amide bonds. The van der Waals surface area contributed by atoms with Crippen molar-refractivity contribution in [2.24, 2.45) is 0 Å². The molecular weight excluding hydrogens is 343 g/mol. The van der Waals surface area contributed by atoms with Gasteiger partial charge in [-0.25, -0.2) is 0 Å². The Hall–Kier alpha value is -2.48. The van der Waals surface area contributed by atoms with Crippen molar-refractivity contribution in [3.8, 4) is 0 Å².